The molecule has 1 aromatic heterocycles. The van der Waals surface area contributed by atoms with Crippen molar-refractivity contribution < 1.29 is 46.7 Å². The number of sulfonamides is 1. The highest BCUT2D eigenvalue weighted by Gasteiger charge is 2.46. The fraction of sp³-hybridized carbons (Fsp3) is 0.190. The molecule has 3 heterocycles. The normalized spacial score (nSPS) is 15.0. The molecule has 19 heteroatoms. The maximum atomic E-state index is 13.2. The summed E-state index contributed by atoms with van der Waals surface area (Å²) < 4.78 is 29.0. The number of piperidine rings is 1. The summed E-state index contributed by atoms with van der Waals surface area (Å²) in [5, 5.41) is 16.7. The van der Waals surface area contributed by atoms with E-state index in [0.29, 0.717) is 47.2 Å². The number of carbonyl (C=O) groups excluding carboxylic acids is 7. The zero-order valence-electron chi connectivity index (χ0n) is 32.2. The number of imide groups is 2. The van der Waals surface area contributed by atoms with Crippen molar-refractivity contribution in [3.63, 3.8) is 0 Å². The molecule has 1 saturated heterocycles. The maximum absolute atomic E-state index is 13.2. The number of amides is 7. The molecule has 7 amide bonds. The fourth-order valence-electron chi connectivity index (χ4n) is 6.96. The lowest BCUT2D eigenvalue weighted by Gasteiger charge is -2.27. The zero-order valence-corrected chi connectivity index (χ0v) is 33.0. The Hall–Kier alpha value is -7.51. The van der Waals surface area contributed by atoms with E-state index in [9.17, 15) is 42.0 Å². The lowest BCUT2D eigenvalue weighted by Crippen LogP contribution is -2.54. The second-order valence-corrected chi connectivity index (χ2v) is 15.7. The third kappa shape index (κ3) is 9.07. The van der Waals surface area contributed by atoms with Crippen LogP contribution >= 0.6 is 0 Å². The molecular weight excluding hydrogens is 809 g/mol. The highest BCUT2D eigenvalue weighted by atomic mass is 32.2. The minimum Gasteiger partial charge on any atom is -0.483 e. The molecule has 0 bridgehead atoms. The number of fused-ring (bicyclic) bond motifs is 2. The van der Waals surface area contributed by atoms with Crippen molar-refractivity contribution in [1.82, 2.24) is 25.8 Å². The Labute approximate surface area is 348 Å². The molecule has 312 valence electrons. The van der Waals surface area contributed by atoms with Crippen LogP contribution in [-0.4, -0.2) is 85.4 Å². The van der Waals surface area contributed by atoms with Crippen molar-refractivity contribution in [2.24, 2.45) is 10.9 Å². The van der Waals surface area contributed by atoms with Crippen LogP contribution in [0.4, 0.5) is 11.4 Å². The number of hydrogen-bond donors (Lipinski definition) is 6. The standard InChI is InChI=1S/C42H38N8O10S/c43-38(53)30-21-47-31-15-10-25(20-29(31)37(30)48-26-11-13-27(14-12-26)61(44,58)59)23-6-8-24(9-7-23)39(54)46-19-2-1-18-45-35(52)22-60-33-5-3-4-28-36(33)42(57)50(41(28)56)32-16-17-34(51)49-40(32)55/h3-15,20-21,32H,1-2,16-19,22H2,(H2,43,53)(H,45,52)(H,46,54)(H,47,48)(H2,44,58,59)(H,49,51,55). The molecular formula is C42H38N8O10S. The number of carbonyl (C=O) groups is 7. The van der Waals surface area contributed by atoms with Crippen LogP contribution in [0, 0.1) is 0 Å². The van der Waals surface area contributed by atoms with Gasteiger partial charge in [0.2, 0.25) is 21.8 Å². The Morgan fingerprint density at radius 1 is 0.869 bits per heavy atom. The van der Waals surface area contributed by atoms with Crippen molar-refractivity contribution in [3.05, 3.63) is 113 Å². The highest BCUT2D eigenvalue weighted by Crippen LogP contribution is 2.35. The number of ether oxygens (including phenoxy) is 1. The van der Waals surface area contributed by atoms with Crippen LogP contribution in [0.15, 0.2) is 96.0 Å². The van der Waals surface area contributed by atoms with Crippen LogP contribution in [0.5, 0.6) is 5.75 Å². The van der Waals surface area contributed by atoms with Gasteiger partial charge in [0, 0.05) is 42.3 Å². The van der Waals surface area contributed by atoms with E-state index >= 15 is 0 Å². The fourth-order valence-corrected chi connectivity index (χ4v) is 7.48. The van der Waals surface area contributed by atoms with Crippen molar-refractivity contribution in [2.75, 3.05) is 25.0 Å². The molecule has 0 aliphatic carbocycles. The molecule has 1 fully saturated rings. The Balaban J connectivity index is 0.887. The van der Waals surface area contributed by atoms with Gasteiger partial charge in [0.05, 0.1) is 32.8 Å². The van der Waals surface area contributed by atoms with Gasteiger partial charge in [0.15, 0.2) is 6.61 Å². The number of benzene rings is 4. The molecule has 18 nitrogen and oxygen atoms in total. The van der Waals surface area contributed by atoms with Gasteiger partial charge in [-0.1, -0.05) is 24.3 Å². The Bertz CT molecular complexity index is 2740. The summed E-state index contributed by atoms with van der Waals surface area (Å²) in [6, 6.07) is 21.3. The minimum absolute atomic E-state index is 0.0101. The molecule has 2 aliphatic rings. The van der Waals surface area contributed by atoms with E-state index < -0.39 is 58.1 Å². The number of nitrogens with two attached hydrogens (primary N) is 2. The number of anilines is 2. The zero-order chi connectivity index (χ0) is 43.4. The van der Waals surface area contributed by atoms with Crippen molar-refractivity contribution in [2.45, 2.75) is 36.6 Å². The van der Waals surface area contributed by atoms with Crippen LogP contribution in [0.25, 0.3) is 22.0 Å². The quantitative estimate of drug-likeness (QED) is 0.0655. The van der Waals surface area contributed by atoms with Crippen LogP contribution < -0.4 is 36.9 Å². The molecule has 0 saturated carbocycles. The SMILES string of the molecule is NC(=O)c1cnc2ccc(-c3ccc(C(=O)NCCCCNC(=O)COc4cccc5c4C(=O)N(C4CCC(=O)NC4=O)C5=O)cc3)cc2c1Nc1ccc(S(N)(=O)=O)cc1. The summed E-state index contributed by atoms with van der Waals surface area (Å²) >= 11 is 0. The number of rotatable bonds is 15. The monoisotopic (exact) mass is 846 g/mol. The first-order valence-corrected chi connectivity index (χ1v) is 20.5. The Morgan fingerprint density at radius 2 is 1.57 bits per heavy atom. The predicted molar refractivity (Wildman–Crippen MR) is 220 cm³/mol. The summed E-state index contributed by atoms with van der Waals surface area (Å²) in [6.45, 7) is 0.180. The van der Waals surface area contributed by atoms with Gasteiger partial charge in [-0.05, 0) is 91.1 Å². The van der Waals surface area contributed by atoms with Crippen LogP contribution in [0.2, 0.25) is 0 Å². The predicted octanol–water partition coefficient (Wildman–Crippen LogP) is 2.50. The summed E-state index contributed by atoms with van der Waals surface area (Å²) in [5.74, 6) is -4.11. The van der Waals surface area contributed by atoms with Gasteiger partial charge in [-0.15, -0.1) is 0 Å². The number of primary amides is 1. The maximum Gasteiger partial charge on any atom is 0.266 e. The summed E-state index contributed by atoms with van der Waals surface area (Å²) in [6.07, 6.45) is 2.44. The smallest absolute Gasteiger partial charge is 0.266 e. The first kappa shape index (κ1) is 41.6. The number of nitrogens with zero attached hydrogens (tertiary/aromatic N) is 2. The molecule has 7 rings (SSSR count). The van der Waals surface area contributed by atoms with E-state index in [4.69, 9.17) is 15.6 Å². The van der Waals surface area contributed by atoms with Crippen molar-refractivity contribution >= 4 is 73.7 Å². The van der Waals surface area contributed by atoms with Crippen LogP contribution in [0.1, 0.15) is 67.1 Å². The first-order chi connectivity index (χ1) is 29.2. The highest BCUT2D eigenvalue weighted by molar-refractivity contribution is 7.89. The molecule has 61 heavy (non-hydrogen) atoms. The van der Waals surface area contributed by atoms with Crippen LogP contribution in [-0.2, 0) is 24.4 Å². The minimum atomic E-state index is -3.90. The molecule has 8 N–H and O–H groups in total. The van der Waals surface area contributed by atoms with E-state index in [0.717, 1.165) is 16.0 Å². The molecule has 4 aromatic carbocycles. The van der Waals surface area contributed by atoms with E-state index in [1.807, 2.05) is 12.1 Å². The van der Waals surface area contributed by atoms with Gasteiger partial charge in [-0.25, -0.2) is 13.6 Å². The number of hydrogen-bond acceptors (Lipinski definition) is 12. The van der Waals surface area contributed by atoms with Gasteiger partial charge < -0.3 is 26.4 Å². The third-order valence-corrected chi connectivity index (χ3v) is 11.0. The van der Waals surface area contributed by atoms with Crippen LogP contribution in [0.3, 0.4) is 0 Å². The van der Waals surface area contributed by atoms with E-state index in [2.05, 4.69) is 26.3 Å². The van der Waals surface area contributed by atoms with E-state index in [-0.39, 0.29) is 52.6 Å². The van der Waals surface area contributed by atoms with Crippen molar-refractivity contribution in [3.8, 4) is 16.9 Å². The van der Waals surface area contributed by atoms with Gasteiger partial charge in [-0.2, -0.15) is 0 Å². The average Bonchev–Trinajstić information content (AvgIpc) is 3.49. The molecule has 0 radical (unpaired) electrons. The van der Waals surface area contributed by atoms with Gasteiger partial charge in [0.1, 0.15) is 11.8 Å². The molecule has 1 unspecified atom stereocenters. The van der Waals surface area contributed by atoms with Gasteiger partial charge in [-0.3, -0.25) is 48.8 Å². The Kier molecular flexibility index (Phi) is 11.9. The number of unbranched alkanes of at least 4 members (excludes halogenated alkanes) is 1. The molecule has 5 aromatic rings. The number of nitrogens with one attached hydrogen (secondary N) is 4. The largest absolute Gasteiger partial charge is 0.483 e. The second-order valence-electron chi connectivity index (χ2n) is 14.1. The first-order valence-electron chi connectivity index (χ1n) is 18.9. The lowest BCUT2D eigenvalue weighted by atomic mass is 9.99. The third-order valence-electron chi connectivity index (χ3n) is 10.1. The molecule has 1 atom stereocenters. The van der Waals surface area contributed by atoms with Gasteiger partial charge in [0.25, 0.3) is 29.5 Å². The second kappa shape index (κ2) is 17.4. The summed E-state index contributed by atoms with van der Waals surface area (Å²) in [4.78, 5) is 93.1. The summed E-state index contributed by atoms with van der Waals surface area (Å²) in [5.41, 5.74) is 9.15. The Morgan fingerprint density at radius 3 is 2.26 bits per heavy atom. The number of aromatic nitrogens is 1. The lowest BCUT2D eigenvalue weighted by molar-refractivity contribution is -0.136. The molecule has 2 aliphatic heterocycles. The van der Waals surface area contributed by atoms with E-state index in [1.165, 1.54) is 48.7 Å². The topological polar surface area (TPSA) is 279 Å². The van der Waals surface area contributed by atoms with E-state index in [1.54, 1.807) is 30.3 Å². The number of pyridine rings is 1. The number of primary sulfonamides is 1. The average molecular weight is 847 g/mol. The molecule has 0 spiro atoms. The van der Waals surface area contributed by atoms with Gasteiger partial charge >= 0.3 is 0 Å². The van der Waals surface area contributed by atoms with Crippen molar-refractivity contribution in [1.29, 1.82) is 0 Å². The summed E-state index contributed by atoms with van der Waals surface area (Å²) in [7, 11) is -3.90.